The maximum atomic E-state index is 12.5. The summed E-state index contributed by atoms with van der Waals surface area (Å²) in [6.07, 6.45) is 2.25. The number of carboxylic acids is 1. The van der Waals surface area contributed by atoms with E-state index in [1.54, 1.807) is 0 Å². The van der Waals surface area contributed by atoms with E-state index in [0.717, 1.165) is 6.42 Å². The van der Waals surface area contributed by atoms with Crippen LogP contribution in [0.3, 0.4) is 0 Å². The molecule has 0 heterocycles. The minimum absolute atomic E-state index is 0.0311. The van der Waals surface area contributed by atoms with E-state index in [-0.39, 0.29) is 17.9 Å². The molecule has 1 unspecified atom stereocenters. The number of nitrogens with zero attached hydrogens (tertiary/aromatic N) is 1. The van der Waals surface area contributed by atoms with Crippen molar-refractivity contribution in [1.29, 1.82) is 0 Å². The van der Waals surface area contributed by atoms with Gasteiger partial charge in [-0.1, -0.05) is 13.8 Å². The number of hydrogen-bond donors (Lipinski definition) is 1. The number of aliphatic carboxylic acids is 1. The van der Waals surface area contributed by atoms with E-state index in [2.05, 4.69) is 0 Å². The van der Waals surface area contributed by atoms with Gasteiger partial charge in [-0.25, -0.2) is 0 Å². The van der Waals surface area contributed by atoms with Crippen molar-refractivity contribution < 1.29 is 14.7 Å². The van der Waals surface area contributed by atoms with Crippen LogP contribution in [0.15, 0.2) is 0 Å². The zero-order valence-corrected chi connectivity index (χ0v) is 11.8. The van der Waals surface area contributed by atoms with Crippen molar-refractivity contribution >= 4 is 11.9 Å². The molecule has 0 aliphatic heterocycles. The molecule has 4 nitrogen and oxygen atoms in total. The molecule has 3 atom stereocenters. The summed E-state index contributed by atoms with van der Waals surface area (Å²) in [6.45, 7) is 8.76. The second-order valence-electron chi connectivity index (χ2n) is 5.75. The van der Waals surface area contributed by atoms with Gasteiger partial charge in [-0.15, -0.1) is 0 Å². The standard InChI is InChI=1S/C14H25NO3/c1-5-6-15(9(2)3)13(16)11-7-10(4)8-12(11)14(17)18/h9-12H,5-8H2,1-4H3,(H,17,18)/t10?,11-,12+/m0/s1. The molecular formula is C14H25NO3. The average Bonchev–Trinajstić information content (AvgIpc) is 2.67. The molecule has 1 saturated carbocycles. The van der Waals surface area contributed by atoms with Gasteiger partial charge >= 0.3 is 5.97 Å². The highest BCUT2D eigenvalue weighted by atomic mass is 16.4. The molecule has 0 aromatic rings. The fourth-order valence-corrected chi connectivity index (χ4v) is 2.91. The Morgan fingerprint density at radius 3 is 2.28 bits per heavy atom. The monoisotopic (exact) mass is 255 g/mol. The van der Waals surface area contributed by atoms with E-state index < -0.39 is 11.9 Å². The van der Waals surface area contributed by atoms with Gasteiger partial charge in [0.1, 0.15) is 0 Å². The number of rotatable bonds is 5. The van der Waals surface area contributed by atoms with Crippen molar-refractivity contribution in [2.75, 3.05) is 6.54 Å². The summed E-state index contributed by atoms with van der Waals surface area (Å²) in [5.74, 6) is -1.28. The van der Waals surface area contributed by atoms with Crippen molar-refractivity contribution in [1.82, 2.24) is 4.90 Å². The van der Waals surface area contributed by atoms with Crippen molar-refractivity contribution in [2.45, 2.75) is 53.0 Å². The van der Waals surface area contributed by atoms with E-state index in [1.165, 1.54) is 0 Å². The molecule has 0 spiro atoms. The second-order valence-corrected chi connectivity index (χ2v) is 5.75. The van der Waals surface area contributed by atoms with Gasteiger partial charge in [0, 0.05) is 12.6 Å². The fourth-order valence-electron chi connectivity index (χ4n) is 2.91. The highest BCUT2D eigenvalue weighted by molar-refractivity contribution is 5.85. The lowest BCUT2D eigenvalue weighted by molar-refractivity contribution is -0.149. The molecule has 104 valence electrons. The minimum atomic E-state index is -0.821. The summed E-state index contributed by atoms with van der Waals surface area (Å²) in [7, 11) is 0. The summed E-state index contributed by atoms with van der Waals surface area (Å²) >= 11 is 0. The Balaban J connectivity index is 2.83. The first-order chi connectivity index (χ1) is 8.38. The number of carboxylic acid groups (broad SMARTS) is 1. The Labute approximate surface area is 109 Å². The molecule has 1 amide bonds. The van der Waals surface area contributed by atoms with Gasteiger partial charge < -0.3 is 10.0 Å². The second kappa shape index (κ2) is 6.21. The first kappa shape index (κ1) is 15.0. The predicted octanol–water partition coefficient (Wildman–Crippen LogP) is 2.38. The molecule has 0 aromatic carbocycles. The van der Waals surface area contributed by atoms with Crippen LogP contribution in [-0.4, -0.2) is 34.5 Å². The minimum Gasteiger partial charge on any atom is -0.481 e. The van der Waals surface area contributed by atoms with E-state index in [0.29, 0.717) is 25.3 Å². The van der Waals surface area contributed by atoms with Gasteiger partial charge in [0.15, 0.2) is 0 Å². The van der Waals surface area contributed by atoms with Gasteiger partial charge in [0.05, 0.1) is 11.8 Å². The van der Waals surface area contributed by atoms with Crippen LogP contribution in [0.2, 0.25) is 0 Å². The summed E-state index contributed by atoms with van der Waals surface area (Å²) in [6, 6.07) is 0.141. The molecular weight excluding hydrogens is 230 g/mol. The normalized spacial score (nSPS) is 27.5. The van der Waals surface area contributed by atoms with Gasteiger partial charge in [0.25, 0.3) is 0 Å². The van der Waals surface area contributed by atoms with Crippen LogP contribution in [0.4, 0.5) is 0 Å². The maximum Gasteiger partial charge on any atom is 0.307 e. The molecule has 1 aliphatic carbocycles. The van der Waals surface area contributed by atoms with Crippen molar-refractivity contribution in [3.05, 3.63) is 0 Å². The molecule has 0 bridgehead atoms. The Bertz CT molecular complexity index is 314. The van der Waals surface area contributed by atoms with Crippen LogP contribution in [0.5, 0.6) is 0 Å². The molecule has 1 aliphatic rings. The summed E-state index contributed by atoms with van der Waals surface area (Å²) < 4.78 is 0. The first-order valence-electron chi connectivity index (χ1n) is 6.91. The van der Waals surface area contributed by atoms with E-state index in [1.807, 2.05) is 32.6 Å². The van der Waals surface area contributed by atoms with Gasteiger partial charge in [-0.2, -0.15) is 0 Å². The van der Waals surface area contributed by atoms with E-state index in [9.17, 15) is 14.7 Å². The Kier molecular flexibility index (Phi) is 5.17. The van der Waals surface area contributed by atoms with Gasteiger partial charge in [-0.3, -0.25) is 9.59 Å². The summed E-state index contributed by atoms with van der Waals surface area (Å²) in [4.78, 5) is 25.6. The largest absolute Gasteiger partial charge is 0.481 e. The number of carbonyl (C=O) groups is 2. The maximum absolute atomic E-state index is 12.5. The zero-order chi connectivity index (χ0) is 13.9. The van der Waals surface area contributed by atoms with E-state index in [4.69, 9.17) is 0 Å². The van der Waals surface area contributed by atoms with Crippen LogP contribution >= 0.6 is 0 Å². The van der Waals surface area contributed by atoms with Crippen LogP contribution in [-0.2, 0) is 9.59 Å². The lowest BCUT2D eigenvalue weighted by Gasteiger charge is -2.30. The lowest BCUT2D eigenvalue weighted by Crippen LogP contribution is -2.43. The van der Waals surface area contributed by atoms with Gasteiger partial charge in [-0.05, 0) is 39.0 Å². The van der Waals surface area contributed by atoms with Crippen LogP contribution in [0, 0.1) is 17.8 Å². The molecule has 4 heteroatoms. The topological polar surface area (TPSA) is 57.6 Å². The fraction of sp³-hybridized carbons (Fsp3) is 0.857. The van der Waals surface area contributed by atoms with Crippen LogP contribution in [0.1, 0.15) is 47.0 Å². The molecule has 0 radical (unpaired) electrons. The average molecular weight is 255 g/mol. The van der Waals surface area contributed by atoms with Crippen molar-refractivity contribution in [3.63, 3.8) is 0 Å². The van der Waals surface area contributed by atoms with Crippen molar-refractivity contribution in [2.24, 2.45) is 17.8 Å². The third-order valence-electron chi connectivity index (χ3n) is 3.80. The summed E-state index contributed by atoms with van der Waals surface area (Å²) in [5.41, 5.74) is 0. The quantitative estimate of drug-likeness (QED) is 0.820. The molecule has 1 rings (SSSR count). The Hall–Kier alpha value is -1.06. The number of hydrogen-bond acceptors (Lipinski definition) is 2. The molecule has 1 N–H and O–H groups in total. The lowest BCUT2D eigenvalue weighted by atomic mass is 9.94. The van der Waals surface area contributed by atoms with Gasteiger partial charge in [0.2, 0.25) is 5.91 Å². The Morgan fingerprint density at radius 1 is 1.28 bits per heavy atom. The number of carbonyl (C=O) groups excluding carboxylic acids is 1. The SMILES string of the molecule is CCCN(C(=O)[C@H]1CC(C)C[C@H]1C(=O)O)C(C)C. The molecule has 18 heavy (non-hydrogen) atoms. The molecule has 0 aromatic heterocycles. The third-order valence-corrected chi connectivity index (χ3v) is 3.80. The zero-order valence-electron chi connectivity index (χ0n) is 11.8. The first-order valence-corrected chi connectivity index (χ1v) is 6.91. The number of amides is 1. The highest BCUT2D eigenvalue weighted by Gasteiger charge is 2.42. The summed E-state index contributed by atoms with van der Waals surface area (Å²) in [5, 5.41) is 9.23. The van der Waals surface area contributed by atoms with Crippen LogP contribution < -0.4 is 0 Å². The third kappa shape index (κ3) is 3.24. The van der Waals surface area contributed by atoms with Crippen LogP contribution in [0.25, 0.3) is 0 Å². The Morgan fingerprint density at radius 2 is 1.83 bits per heavy atom. The smallest absolute Gasteiger partial charge is 0.307 e. The van der Waals surface area contributed by atoms with Crippen molar-refractivity contribution in [3.8, 4) is 0 Å². The molecule has 0 saturated heterocycles. The predicted molar refractivity (Wildman–Crippen MR) is 70.2 cm³/mol. The molecule has 1 fully saturated rings. The van der Waals surface area contributed by atoms with E-state index >= 15 is 0 Å². The highest BCUT2D eigenvalue weighted by Crippen LogP contribution is 2.37.